The third-order valence-corrected chi connectivity index (χ3v) is 1.83. The highest BCUT2D eigenvalue weighted by Gasteiger charge is 2.03. The number of anilines is 1. The van der Waals surface area contributed by atoms with Crippen molar-refractivity contribution in [3.05, 3.63) is 23.9 Å². The summed E-state index contributed by atoms with van der Waals surface area (Å²) in [5, 5.41) is 5.30. The highest BCUT2D eigenvalue weighted by atomic mass is 16.5. The Kier molecular flexibility index (Phi) is 4.56. The Labute approximate surface area is 88.9 Å². The first-order valence-corrected chi connectivity index (χ1v) is 4.69. The highest BCUT2D eigenvalue weighted by Crippen LogP contribution is 2.08. The van der Waals surface area contributed by atoms with Crippen LogP contribution in [0, 0.1) is 6.92 Å². The molecule has 1 heterocycles. The summed E-state index contributed by atoms with van der Waals surface area (Å²) in [6, 6.07) is 3.44. The van der Waals surface area contributed by atoms with Gasteiger partial charge in [-0.3, -0.25) is 5.32 Å². The van der Waals surface area contributed by atoms with Crippen molar-refractivity contribution in [2.45, 2.75) is 6.92 Å². The normalized spacial score (nSPS) is 9.73. The first-order valence-electron chi connectivity index (χ1n) is 4.69. The van der Waals surface area contributed by atoms with Crippen molar-refractivity contribution in [2.24, 2.45) is 0 Å². The molecule has 1 rings (SSSR count). The molecule has 0 saturated carbocycles. The molecule has 2 amide bonds. The lowest BCUT2D eigenvalue weighted by Crippen LogP contribution is -2.31. The molecule has 5 nitrogen and oxygen atoms in total. The van der Waals surface area contributed by atoms with Gasteiger partial charge in [0, 0.05) is 19.9 Å². The van der Waals surface area contributed by atoms with Gasteiger partial charge < -0.3 is 10.1 Å². The summed E-state index contributed by atoms with van der Waals surface area (Å²) in [7, 11) is 1.59. The number of aryl methyl sites for hydroxylation is 1. The molecule has 0 atom stereocenters. The topological polar surface area (TPSA) is 63.2 Å². The van der Waals surface area contributed by atoms with Crippen LogP contribution in [-0.4, -0.2) is 31.3 Å². The fourth-order valence-electron chi connectivity index (χ4n) is 1.03. The monoisotopic (exact) mass is 209 g/mol. The number of hydrogen-bond donors (Lipinski definition) is 2. The minimum absolute atomic E-state index is 0.270. The summed E-state index contributed by atoms with van der Waals surface area (Å²) in [5.74, 6) is 0.576. The predicted octanol–water partition coefficient (Wildman–Crippen LogP) is 1.16. The number of amides is 2. The number of pyridine rings is 1. The van der Waals surface area contributed by atoms with Gasteiger partial charge in [-0.05, 0) is 18.6 Å². The van der Waals surface area contributed by atoms with Gasteiger partial charge in [-0.25, -0.2) is 9.78 Å². The second-order valence-electron chi connectivity index (χ2n) is 3.04. The third-order valence-electron chi connectivity index (χ3n) is 1.83. The van der Waals surface area contributed by atoms with Gasteiger partial charge in [0.05, 0.1) is 6.61 Å². The van der Waals surface area contributed by atoms with Crippen LogP contribution in [0.3, 0.4) is 0 Å². The number of carbonyl (C=O) groups excluding carboxylic acids is 1. The summed E-state index contributed by atoms with van der Waals surface area (Å²) >= 11 is 0. The van der Waals surface area contributed by atoms with E-state index in [0.717, 1.165) is 5.56 Å². The van der Waals surface area contributed by atoms with Gasteiger partial charge in [0.1, 0.15) is 5.82 Å². The van der Waals surface area contributed by atoms with Gasteiger partial charge in [0.25, 0.3) is 0 Å². The molecule has 5 heteroatoms. The number of urea groups is 1. The molecule has 0 aliphatic heterocycles. The van der Waals surface area contributed by atoms with Gasteiger partial charge in [-0.15, -0.1) is 0 Å². The van der Waals surface area contributed by atoms with Crippen LogP contribution in [0.5, 0.6) is 0 Å². The largest absolute Gasteiger partial charge is 0.383 e. The lowest BCUT2D eigenvalue weighted by molar-refractivity contribution is 0.198. The van der Waals surface area contributed by atoms with E-state index in [1.165, 1.54) is 0 Å². The zero-order chi connectivity index (χ0) is 11.1. The molecule has 0 radical (unpaired) electrons. The van der Waals surface area contributed by atoms with Crippen LogP contribution >= 0.6 is 0 Å². The number of ether oxygens (including phenoxy) is 1. The lowest BCUT2D eigenvalue weighted by atomic mass is 10.3. The van der Waals surface area contributed by atoms with Crippen molar-refractivity contribution in [2.75, 3.05) is 25.6 Å². The van der Waals surface area contributed by atoms with Crippen LogP contribution in [0.1, 0.15) is 5.56 Å². The molecule has 0 spiro atoms. The molecule has 1 aromatic rings. The number of nitrogens with one attached hydrogen (secondary N) is 2. The quantitative estimate of drug-likeness (QED) is 0.731. The minimum Gasteiger partial charge on any atom is -0.383 e. The fourth-order valence-corrected chi connectivity index (χ4v) is 1.03. The van der Waals surface area contributed by atoms with E-state index in [9.17, 15) is 4.79 Å². The Morgan fingerprint density at radius 2 is 2.40 bits per heavy atom. The Bertz CT molecular complexity index is 328. The van der Waals surface area contributed by atoms with Crippen LogP contribution < -0.4 is 10.6 Å². The van der Waals surface area contributed by atoms with Gasteiger partial charge in [0.2, 0.25) is 0 Å². The first-order chi connectivity index (χ1) is 7.24. The van der Waals surface area contributed by atoms with E-state index >= 15 is 0 Å². The number of hydrogen-bond acceptors (Lipinski definition) is 3. The van der Waals surface area contributed by atoms with Crippen molar-refractivity contribution >= 4 is 11.8 Å². The molecule has 82 valence electrons. The van der Waals surface area contributed by atoms with E-state index < -0.39 is 0 Å². The molecule has 0 fully saturated rings. The molecule has 0 bridgehead atoms. The SMILES string of the molecule is COCCNC(=O)Nc1ncccc1C. The maximum atomic E-state index is 11.3. The van der Waals surface area contributed by atoms with Gasteiger partial charge in [-0.2, -0.15) is 0 Å². The molecule has 2 N–H and O–H groups in total. The molecule has 0 saturated heterocycles. The van der Waals surface area contributed by atoms with E-state index in [-0.39, 0.29) is 6.03 Å². The number of methoxy groups -OCH3 is 1. The predicted molar refractivity (Wildman–Crippen MR) is 57.9 cm³/mol. The van der Waals surface area contributed by atoms with Crippen molar-refractivity contribution in [1.82, 2.24) is 10.3 Å². The van der Waals surface area contributed by atoms with Gasteiger partial charge in [0.15, 0.2) is 0 Å². The molecular weight excluding hydrogens is 194 g/mol. The van der Waals surface area contributed by atoms with Crippen molar-refractivity contribution < 1.29 is 9.53 Å². The van der Waals surface area contributed by atoms with Gasteiger partial charge >= 0.3 is 6.03 Å². The maximum absolute atomic E-state index is 11.3. The number of nitrogens with zero attached hydrogens (tertiary/aromatic N) is 1. The molecule has 0 aliphatic rings. The summed E-state index contributed by atoms with van der Waals surface area (Å²) < 4.78 is 4.81. The van der Waals surface area contributed by atoms with Crippen molar-refractivity contribution in [1.29, 1.82) is 0 Å². The molecule has 0 aliphatic carbocycles. The van der Waals surface area contributed by atoms with Crippen LogP contribution in [0.4, 0.5) is 10.6 Å². The lowest BCUT2D eigenvalue weighted by Gasteiger charge is -2.07. The van der Waals surface area contributed by atoms with Crippen LogP contribution in [-0.2, 0) is 4.74 Å². The van der Waals surface area contributed by atoms with Crippen LogP contribution in [0.2, 0.25) is 0 Å². The van der Waals surface area contributed by atoms with E-state index in [0.29, 0.717) is 19.0 Å². The zero-order valence-electron chi connectivity index (χ0n) is 8.91. The van der Waals surface area contributed by atoms with E-state index in [2.05, 4.69) is 15.6 Å². The van der Waals surface area contributed by atoms with Crippen molar-refractivity contribution in [3.63, 3.8) is 0 Å². The summed E-state index contributed by atoms with van der Waals surface area (Å²) in [6.07, 6.45) is 1.64. The maximum Gasteiger partial charge on any atom is 0.320 e. The van der Waals surface area contributed by atoms with E-state index in [1.54, 1.807) is 13.3 Å². The highest BCUT2D eigenvalue weighted by molar-refractivity contribution is 5.88. The molecule has 0 aromatic carbocycles. The number of carbonyl (C=O) groups is 1. The second kappa shape index (κ2) is 5.98. The van der Waals surface area contributed by atoms with E-state index in [4.69, 9.17) is 4.74 Å². The van der Waals surface area contributed by atoms with Gasteiger partial charge in [-0.1, -0.05) is 6.07 Å². The second-order valence-corrected chi connectivity index (χ2v) is 3.04. The molecule has 1 aromatic heterocycles. The third kappa shape index (κ3) is 3.95. The molecular formula is C10H15N3O2. The Hall–Kier alpha value is -1.62. The molecule has 15 heavy (non-hydrogen) atoms. The van der Waals surface area contributed by atoms with Crippen LogP contribution in [0.25, 0.3) is 0 Å². The summed E-state index contributed by atoms with van der Waals surface area (Å²) in [4.78, 5) is 15.4. The Morgan fingerprint density at radius 3 is 3.07 bits per heavy atom. The number of aromatic nitrogens is 1. The zero-order valence-corrected chi connectivity index (χ0v) is 8.91. The first kappa shape index (κ1) is 11.5. The van der Waals surface area contributed by atoms with E-state index in [1.807, 2.05) is 19.1 Å². The standard InChI is InChI=1S/C10H15N3O2/c1-8-4-3-5-11-9(8)13-10(14)12-6-7-15-2/h3-5H,6-7H2,1-2H3,(H2,11,12,13,14). The number of rotatable bonds is 4. The Morgan fingerprint density at radius 1 is 1.60 bits per heavy atom. The minimum atomic E-state index is -0.270. The smallest absolute Gasteiger partial charge is 0.320 e. The average molecular weight is 209 g/mol. The van der Waals surface area contributed by atoms with Crippen LogP contribution in [0.15, 0.2) is 18.3 Å². The summed E-state index contributed by atoms with van der Waals surface area (Å²) in [5.41, 5.74) is 0.930. The fraction of sp³-hybridized carbons (Fsp3) is 0.400. The average Bonchev–Trinajstić information content (AvgIpc) is 2.22. The van der Waals surface area contributed by atoms with Crippen molar-refractivity contribution in [3.8, 4) is 0 Å². The molecule has 0 unspecified atom stereocenters. The summed E-state index contributed by atoms with van der Waals surface area (Å²) in [6.45, 7) is 2.86. The Balaban J connectivity index is 2.41.